The highest BCUT2D eigenvalue weighted by Gasteiger charge is 2.33. The van der Waals surface area contributed by atoms with E-state index in [1.165, 1.54) is 19.3 Å². The molecule has 0 radical (unpaired) electrons. The summed E-state index contributed by atoms with van der Waals surface area (Å²) in [4.78, 5) is 4.00. The van der Waals surface area contributed by atoms with Gasteiger partial charge in [0.1, 0.15) is 0 Å². The van der Waals surface area contributed by atoms with E-state index in [9.17, 15) is 5.26 Å². The first-order valence-corrected chi connectivity index (χ1v) is 5.19. The summed E-state index contributed by atoms with van der Waals surface area (Å²) >= 11 is 0. The van der Waals surface area contributed by atoms with Crippen LogP contribution in [0.2, 0.25) is 0 Å². The molecule has 0 saturated heterocycles. The summed E-state index contributed by atoms with van der Waals surface area (Å²) in [6.07, 6.45) is 9.20. The third kappa shape index (κ3) is 1.50. The van der Waals surface area contributed by atoms with Crippen molar-refractivity contribution in [2.75, 3.05) is 0 Å². The molecule has 2 nitrogen and oxygen atoms in total. The van der Waals surface area contributed by atoms with Crippen LogP contribution < -0.4 is 0 Å². The van der Waals surface area contributed by atoms with Gasteiger partial charge in [0.05, 0.1) is 11.5 Å². The maximum absolute atomic E-state index is 9.32. The van der Waals surface area contributed by atoms with Gasteiger partial charge in [-0.15, -0.1) is 0 Å². The third-order valence-corrected chi connectivity index (χ3v) is 3.15. The van der Waals surface area contributed by atoms with Crippen molar-refractivity contribution in [3.05, 3.63) is 30.1 Å². The molecule has 0 unspecified atom stereocenters. The fourth-order valence-electron chi connectivity index (χ4n) is 2.29. The highest BCUT2D eigenvalue weighted by atomic mass is 14.6. The molecule has 0 N–H and O–H groups in total. The van der Waals surface area contributed by atoms with Gasteiger partial charge in [0.15, 0.2) is 0 Å². The number of nitriles is 1. The highest BCUT2D eigenvalue weighted by molar-refractivity contribution is 5.31. The van der Waals surface area contributed by atoms with E-state index in [0.717, 1.165) is 18.4 Å². The van der Waals surface area contributed by atoms with E-state index in [1.807, 2.05) is 12.1 Å². The Hall–Kier alpha value is -1.36. The molecule has 0 atom stereocenters. The molecule has 0 amide bonds. The lowest BCUT2D eigenvalue weighted by molar-refractivity contribution is 0.366. The van der Waals surface area contributed by atoms with Gasteiger partial charge in [0.25, 0.3) is 0 Å². The van der Waals surface area contributed by atoms with Crippen molar-refractivity contribution < 1.29 is 0 Å². The molecule has 2 heteroatoms. The van der Waals surface area contributed by atoms with Gasteiger partial charge >= 0.3 is 0 Å². The standard InChI is InChI=1S/C12H14N2/c13-10-12(6-2-1-3-7-12)11-4-8-14-9-5-11/h4-5,8-9H,1-3,6-7H2. The SMILES string of the molecule is N#CC1(c2ccncc2)CCCCC1. The minimum absolute atomic E-state index is 0.221. The molecule has 72 valence electrons. The highest BCUT2D eigenvalue weighted by Crippen LogP contribution is 2.38. The largest absolute Gasteiger partial charge is 0.265 e. The molecular weight excluding hydrogens is 172 g/mol. The first-order chi connectivity index (χ1) is 6.87. The Kier molecular flexibility index (Phi) is 2.49. The first-order valence-electron chi connectivity index (χ1n) is 5.19. The van der Waals surface area contributed by atoms with Crippen LogP contribution in [0.1, 0.15) is 37.7 Å². The quantitative estimate of drug-likeness (QED) is 0.676. The van der Waals surface area contributed by atoms with E-state index >= 15 is 0 Å². The van der Waals surface area contributed by atoms with Crippen LogP contribution in [0.4, 0.5) is 0 Å². The molecular formula is C12H14N2. The lowest BCUT2D eigenvalue weighted by Crippen LogP contribution is -2.26. The summed E-state index contributed by atoms with van der Waals surface area (Å²) in [5.74, 6) is 0. The second-order valence-corrected chi connectivity index (χ2v) is 3.99. The van der Waals surface area contributed by atoms with Crippen molar-refractivity contribution in [1.82, 2.24) is 4.98 Å². The van der Waals surface area contributed by atoms with Crippen LogP contribution in [-0.2, 0) is 5.41 Å². The molecule has 2 rings (SSSR count). The number of pyridine rings is 1. The van der Waals surface area contributed by atoms with Gasteiger partial charge < -0.3 is 0 Å². The van der Waals surface area contributed by atoms with E-state index < -0.39 is 0 Å². The summed E-state index contributed by atoms with van der Waals surface area (Å²) in [5.41, 5.74) is 0.927. The fourth-order valence-corrected chi connectivity index (χ4v) is 2.29. The van der Waals surface area contributed by atoms with Gasteiger partial charge in [-0.2, -0.15) is 5.26 Å². The van der Waals surface area contributed by atoms with E-state index in [-0.39, 0.29) is 5.41 Å². The molecule has 1 saturated carbocycles. The molecule has 0 aromatic carbocycles. The van der Waals surface area contributed by atoms with E-state index in [2.05, 4.69) is 11.1 Å². The molecule has 0 bridgehead atoms. The Morgan fingerprint density at radius 2 is 1.79 bits per heavy atom. The average molecular weight is 186 g/mol. The minimum Gasteiger partial charge on any atom is -0.265 e. The van der Waals surface area contributed by atoms with Crippen LogP contribution in [0, 0.1) is 11.3 Å². The zero-order valence-corrected chi connectivity index (χ0v) is 8.24. The van der Waals surface area contributed by atoms with Crippen LogP contribution in [0.3, 0.4) is 0 Å². The fraction of sp³-hybridized carbons (Fsp3) is 0.500. The topological polar surface area (TPSA) is 36.7 Å². The molecule has 0 aliphatic heterocycles. The molecule has 0 spiro atoms. The van der Waals surface area contributed by atoms with Crippen LogP contribution >= 0.6 is 0 Å². The van der Waals surface area contributed by atoms with Crippen LogP contribution in [0.15, 0.2) is 24.5 Å². The maximum atomic E-state index is 9.32. The second kappa shape index (κ2) is 3.79. The number of rotatable bonds is 1. The van der Waals surface area contributed by atoms with Crippen molar-refractivity contribution in [1.29, 1.82) is 5.26 Å². The van der Waals surface area contributed by atoms with Gasteiger partial charge in [-0.05, 0) is 30.5 Å². The summed E-state index contributed by atoms with van der Waals surface area (Å²) in [6, 6.07) is 6.47. The van der Waals surface area contributed by atoms with Crippen LogP contribution in [-0.4, -0.2) is 4.98 Å². The summed E-state index contributed by atoms with van der Waals surface area (Å²) in [7, 11) is 0. The summed E-state index contributed by atoms with van der Waals surface area (Å²) in [6.45, 7) is 0. The van der Waals surface area contributed by atoms with Gasteiger partial charge in [0.2, 0.25) is 0 Å². The second-order valence-electron chi connectivity index (χ2n) is 3.99. The predicted molar refractivity (Wildman–Crippen MR) is 54.6 cm³/mol. The Balaban J connectivity index is 2.33. The molecule has 1 aromatic rings. The molecule has 1 aromatic heterocycles. The maximum Gasteiger partial charge on any atom is 0.0823 e. The molecule has 1 fully saturated rings. The summed E-state index contributed by atoms with van der Waals surface area (Å²) < 4.78 is 0. The van der Waals surface area contributed by atoms with E-state index in [0.29, 0.717) is 0 Å². The average Bonchev–Trinajstić information content (AvgIpc) is 2.31. The predicted octanol–water partition coefficient (Wildman–Crippen LogP) is 2.81. The lowest BCUT2D eigenvalue weighted by atomic mass is 9.71. The summed E-state index contributed by atoms with van der Waals surface area (Å²) in [5, 5.41) is 9.32. The van der Waals surface area contributed by atoms with E-state index in [4.69, 9.17) is 0 Å². The van der Waals surface area contributed by atoms with Crippen molar-refractivity contribution in [3.63, 3.8) is 0 Å². The van der Waals surface area contributed by atoms with Gasteiger partial charge in [0, 0.05) is 12.4 Å². The van der Waals surface area contributed by atoms with Crippen LogP contribution in [0.25, 0.3) is 0 Å². The van der Waals surface area contributed by atoms with Crippen LogP contribution in [0.5, 0.6) is 0 Å². The number of hydrogen-bond acceptors (Lipinski definition) is 2. The zero-order valence-electron chi connectivity index (χ0n) is 8.24. The van der Waals surface area contributed by atoms with Gasteiger partial charge in [-0.3, -0.25) is 4.98 Å². The Bertz CT molecular complexity index is 331. The third-order valence-electron chi connectivity index (χ3n) is 3.15. The lowest BCUT2D eigenvalue weighted by Gasteiger charge is -2.30. The minimum atomic E-state index is -0.221. The number of aromatic nitrogens is 1. The molecule has 14 heavy (non-hydrogen) atoms. The monoisotopic (exact) mass is 186 g/mol. The first kappa shape index (κ1) is 9.21. The normalized spacial score (nSPS) is 19.9. The molecule has 1 aliphatic carbocycles. The van der Waals surface area contributed by atoms with Crippen molar-refractivity contribution in [2.45, 2.75) is 37.5 Å². The van der Waals surface area contributed by atoms with Crippen molar-refractivity contribution >= 4 is 0 Å². The Morgan fingerprint density at radius 1 is 1.14 bits per heavy atom. The molecule has 1 aliphatic rings. The van der Waals surface area contributed by atoms with Crippen molar-refractivity contribution in [3.8, 4) is 6.07 Å². The number of hydrogen-bond donors (Lipinski definition) is 0. The molecule has 1 heterocycles. The number of nitrogens with zero attached hydrogens (tertiary/aromatic N) is 2. The van der Waals surface area contributed by atoms with Gasteiger partial charge in [-0.25, -0.2) is 0 Å². The van der Waals surface area contributed by atoms with Crippen molar-refractivity contribution in [2.24, 2.45) is 0 Å². The Labute approximate surface area is 84.6 Å². The Morgan fingerprint density at radius 3 is 2.36 bits per heavy atom. The smallest absolute Gasteiger partial charge is 0.0823 e. The zero-order chi connectivity index (χ0) is 9.86. The van der Waals surface area contributed by atoms with Gasteiger partial charge in [-0.1, -0.05) is 19.3 Å². The van der Waals surface area contributed by atoms with E-state index in [1.54, 1.807) is 12.4 Å².